The quantitative estimate of drug-likeness (QED) is 0.654. The predicted octanol–water partition coefficient (Wildman–Crippen LogP) is 0.811. The number of aliphatic hydroxyl groups is 1. The lowest BCUT2D eigenvalue weighted by Crippen LogP contribution is -2.41. The summed E-state index contributed by atoms with van der Waals surface area (Å²) in [7, 11) is 0. The monoisotopic (exact) mass is 284 g/mol. The van der Waals surface area contributed by atoms with Crippen LogP contribution in [-0.4, -0.2) is 49.0 Å². The summed E-state index contributed by atoms with van der Waals surface area (Å²) in [4.78, 5) is 12.0. The van der Waals surface area contributed by atoms with Gasteiger partial charge in [0.15, 0.2) is 0 Å². The molecule has 2 fully saturated rings. The van der Waals surface area contributed by atoms with E-state index in [2.05, 4.69) is 10.6 Å². The third kappa shape index (κ3) is 4.72. The minimum Gasteiger partial charge on any atom is -0.391 e. The summed E-state index contributed by atoms with van der Waals surface area (Å²) >= 11 is 0. The molecule has 2 aliphatic rings. The van der Waals surface area contributed by atoms with Crippen molar-refractivity contribution < 1.29 is 14.6 Å². The SMILES string of the molecule is CC(OC1CCCCCC1)C(=O)NCC1CNCC1O. The molecule has 1 aliphatic heterocycles. The number of hydrogen-bond donors (Lipinski definition) is 3. The Hall–Kier alpha value is -0.650. The molecule has 3 unspecified atom stereocenters. The van der Waals surface area contributed by atoms with Crippen LogP contribution in [0.1, 0.15) is 45.4 Å². The number of ether oxygens (including phenoxy) is 1. The van der Waals surface area contributed by atoms with Crippen LogP contribution in [0.4, 0.5) is 0 Å². The number of β-amino-alcohol motifs (C(OH)–C–C–N with tert-alkyl or cyclic N) is 1. The summed E-state index contributed by atoms with van der Waals surface area (Å²) in [5.74, 6) is 0.0531. The van der Waals surface area contributed by atoms with Gasteiger partial charge >= 0.3 is 0 Å². The molecular formula is C15H28N2O3. The zero-order valence-electron chi connectivity index (χ0n) is 12.4. The van der Waals surface area contributed by atoms with Crippen molar-refractivity contribution in [2.75, 3.05) is 19.6 Å². The molecule has 1 heterocycles. The van der Waals surface area contributed by atoms with Crippen molar-refractivity contribution in [2.24, 2.45) is 5.92 Å². The van der Waals surface area contributed by atoms with Gasteiger partial charge in [-0.15, -0.1) is 0 Å². The van der Waals surface area contributed by atoms with Crippen LogP contribution in [0.2, 0.25) is 0 Å². The van der Waals surface area contributed by atoms with E-state index in [0.717, 1.165) is 19.4 Å². The van der Waals surface area contributed by atoms with Crippen molar-refractivity contribution in [3.63, 3.8) is 0 Å². The van der Waals surface area contributed by atoms with E-state index in [0.29, 0.717) is 13.1 Å². The standard InChI is InChI=1S/C15H28N2O3/c1-11(20-13-6-4-2-3-5-7-13)15(19)17-9-12-8-16-10-14(12)18/h11-14,16,18H,2-10H2,1H3,(H,17,19). The highest BCUT2D eigenvalue weighted by molar-refractivity contribution is 5.80. The van der Waals surface area contributed by atoms with E-state index in [1.165, 1.54) is 25.7 Å². The molecule has 0 spiro atoms. The van der Waals surface area contributed by atoms with Gasteiger partial charge in [0.1, 0.15) is 6.10 Å². The summed E-state index contributed by atoms with van der Waals surface area (Å²) in [6.45, 7) is 3.73. The summed E-state index contributed by atoms with van der Waals surface area (Å²) < 4.78 is 5.88. The van der Waals surface area contributed by atoms with Crippen molar-refractivity contribution in [3.8, 4) is 0 Å². The average molecular weight is 284 g/mol. The molecule has 116 valence electrons. The fourth-order valence-electron chi connectivity index (χ4n) is 3.03. The largest absolute Gasteiger partial charge is 0.391 e. The minimum atomic E-state index is -0.399. The van der Waals surface area contributed by atoms with Crippen LogP contribution >= 0.6 is 0 Å². The first-order valence-corrected chi connectivity index (χ1v) is 7.98. The maximum absolute atomic E-state index is 12.0. The van der Waals surface area contributed by atoms with Gasteiger partial charge in [-0.2, -0.15) is 0 Å². The Morgan fingerprint density at radius 3 is 2.60 bits per heavy atom. The van der Waals surface area contributed by atoms with Gasteiger partial charge in [-0.05, 0) is 19.8 Å². The molecule has 0 aromatic carbocycles. The molecule has 1 aliphatic carbocycles. The maximum Gasteiger partial charge on any atom is 0.248 e. The normalized spacial score (nSPS) is 29.9. The Labute approximate surface area is 121 Å². The number of hydrogen-bond acceptors (Lipinski definition) is 4. The highest BCUT2D eigenvalue weighted by atomic mass is 16.5. The lowest BCUT2D eigenvalue weighted by molar-refractivity contribution is -0.136. The van der Waals surface area contributed by atoms with Gasteiger partial charge in [0.05, 0.1) is 12.2 Å². The fraction of sp³-hybridized carbons (Fsp3) is 0.933. The van der Waals surface area contributed by atoms with Crippen LogP contribution in [0.15, 0.2) is 0 Å². The van der Waals surface area contributed by atoms with Gasteiger partial charge in [0.2, 0.25) is 5.91 Å². The van der Waals surface area contributed by atoms with Crippen molar-refractivity contribution in [2.45, 2.75) is 63.8 Å². The predicted molar refractivity (Wildman–Crippen MR) is 77.4 cm³/mol. The molecule has 5 heteroatoms. The second-order valence-electron chi connectivity index (χ2n) is 6.12. The molecule has 0 aromatic heterocycles. The van der Waals surface area contributed by atoms with E-state index >= 15 is 0 Å². The van der Waals surface area contributed by atoms with E-state index in [1.54, 1.807) is 0 Å². The first-order chi connectivity index (χ1) is 9.66. The van der Waals surface area contributed by atoms with Gasteiger partial charge in [0, 0.05) is 25.6 Å². The van der Waals surface area contributed by atoms with Gasteiger partial charge in [-0.3, -0.25) is 4.79 Å². The summed E-state index contributed by atoms with van der Waals surface area (Å²) in [6.07, 6.45) is 6.61. The van der Waals surface area contributed by atoms with Crippen LogP contribution in [-0.2, 0) is 9.53 Å². The van der Waals surface area contributed by atoms with E-state index in [-0.39, 0.29) is 24.0 Å². The van der Waals surface area contributed by atoms with Crippen LogP contribution < -0.4 is 10.6 Å². The third-order valence-corrected chi connectivity index (χ3v) is 4.41. The Kier molecular flexibility index (Phi) is 6.26. The fourth-order valence-corrected chi connectivity index (χ4v) is 3.03. The van der Waals surface area contributed by atoms with Gasteiger partial charge in [-0.1, -0.05) is 25.7 Å². The third-order valence-electron chi connectivity index (χ3n) is 4.41. The molecule has 0 aromatic rings. The number of rotatable bonds is 5. The second kappa shape index (κ2) is 7.96. The highest BCUT2D eigenvalue weighted by Gasteiger charge is 2.26. The number of nitrogens with one attached hydrogen (secondary N) is 2. The van der Waals surface area contributed by atoms with Crippen LogP contribution in [0.25, 0.3) is 0 Å². The first kappa shape index (κ1) is 15.7. The lowest BCUT2D eigenvalue weighted by atomic mass is 10.1. The van der Waals surface area contributed by atoms with Gasteiger partial charge in [0.25, 0.3) is 0 Å². The second-order valence-corrected chi connectivity index (χ2v) is 6.12. The summed E-state index contributed by atoms with van der Waals surface area (Å²) in [5, 5.41) is 15.7. The molecule has 0 radical (unpaired) electrons. The number of carbonyl (C=O) groups excluding carboxylic acids is 1. The van der Waals surface area contributed by atoms with Crippen LogP contribution in [0.3, 0.4) is 0 Å². The van der Waals surface area contributed by atoms with E-state index < -0.39 is 6.10 Å². The zero-order chi connectivity index (χ0) is 14.4. The molecule has 3 N–H and O–H groups in total. The molecule has 5 nitrogen and oxygen atoms in total. The van der Waals surface area contributed by atoms with Crippen LogP contribution in [0, 0.1) is 5.92 Å². The molecule has 0 bridgehead atoms. The Morgan fingerprint density at radius 1 is 1.30 bits per heavy atom. The van der Waals surface area contributed by atoms with Crippen molar-refractivity contribution in [1.82, 2.24) is 10.6 Å². The average Bonchev–Trinajstić information content (AvgIpc) is 2.68. The number of aliphatic hydroxyl groups excluding tert-OH is 1. The van der Waals surface area contributed by atoms with E-state index in [4.69, 9.17) is 4.74 Å². The molecule has 1 saturated carbocycles. The topological polar surface area (TPSA) is 70.6 Å². The van der Waals surface area contributed by atoms with E-state index in [9.17, 15) is 9.90 Å². The zero-order valence-corrected chi connectivity index (χ0v) is 12.4. The van der Waals surface area contributed by atoms with Crippen LogP contribution in [0.5, 0.6) is 0 Å². The smallest absolute Gasteiger partial charge is 0.248 e. The first-order valence-electron chi connectivity index (χ1n) is 7.98. The number of carbonyl (C=O) groups is 1. The molecule has 1 saturated heterocycles. The van der Waals surface area contributed by atoms with Gasteiger partial charge < -0.3 is 20.5 Å². The van der Waals surface area contributed by atoms with Crippen molar-refractivity contribution >= 4 is 5.91 Å². The van der Waals surface area contributed by atoms with Gasteiger partial charge in [-0.25, -0.2) is 0 Å². The van der Waals surface area contributed by atoms with Crippen molar-refractivity contribution in [3.05, 3.63) is 0 Å². The molecule has 1 amide bonds. The lowest BCUT2D eigenvalue weighted by Gasteiger charge is -2.22. The molecule has 3 atom stereocenters. The molecule has 2 rings (SSSR count). The highest BCUT2D eigenvalue weighted by Crippen LogP contribution is 2.21. The Balaban J connectivity index is 1.68. The molecular weight excluding hydrogens is 256 g/mol. The Bertz CT molecular complexity index is 303. The minimum absolute atomic E-state index is 0.0617. The van der Waals surface area contributed by atoms with Crippen molar-refractivity contribution in [1.29, 1.82) is 0 Å². The van der Waals surface area contributed by atoms with E-state index in [1.807, 2.05) is 6.92 Å². The molecule has 20 heavy (non-hydrogen) atoms. The maximum atomic E-state index is 12.0. The summed E-state index contributed by atoms with van der Waals surface area (Å²) in [6, 6.07) is 0. The number of amides is 1. The summed E-state index contributed by atoms with van der Waals surface area (Å²) in [5.41, 5.74) is 0. The Morgan fingerprint density at radius 2 is 2.00 bits per heavy atom.